The van der Waals surface area contributed by atoms with Gasteiger partial charge in [-0.25, -0.2) is 4.79 Å². The van der Waals surface area contributed by atoms with E-state index in [4.69, 9.17) is 16.7 Å². The van der Waals surface area contributed by atoms with Crippen LogP contribution in [-0.2, 0) is 4.79 Å². The molecule has 1 fully saturated rings. The molecule has 2 aliphatic rings. The van der Waals surface area contributed by atoms with Crippen LogP contribution >= 0.6 is 11.6 Å². The minimum atomic E-state index is -1.06. The number of nitrogens with one attached hydrogen (secondary N) is 1. The Hall–Kier alpha value is -2.86. The van der Waals surface area contributed by atoms with Crippen molar-refractivity contribution in [3.8, 4) is 0 Å². The predicted molar refractivity (Wildman–Crippen MR) is 105 cm³/mol. The molecule has 144 valence electrons. The first-order valence-electron chi connectivity index (χ1n) is 9.17. The number of benzene rings is 2. The van der Waals surface area contributed by atoms with Gasteiger partial charge in [-0.15, -0.1) is 0 Å². The Labute approximate surface area is 167 Å². The van der Waals surface area contributed by atoms with Gasteiger partial charge in [0.1, 0.15) is 0 Å². The molecule has 0 saturated carbocycles. The van der Waals surface area contributed by atoms with Crippen molar-refractivity contribution in [2.75, 3.05) is 18.4 Å². The summed E-state index contributed by atoms with van der Waals surface area (Å²) in [4.78, 5) is 38.1. The largest absolute Gasteiger partial charge is 0.478 e. The molecule has 0 aromatic heterocycles. The smallest absolute Gasteiger partial charge is 0.335 e. The zero-order valence-corrected chi connectivity index (χ0v) is 15.8. The third kappa shape index (κ3) is 3.36. The van der Waals surface area contributed by atoms with Gasteiger partial charge in [0.2, 0.25) is 5.91 Å². The molecule has 2 aromatic carbocycles. The van der Waals surface area contributed by atoms with Crippen LogP contribution in [-0.4, -0.2) is 40.9 Å². The lowest BCUT2D eigenvalue weighted by Crippen LogP contribution is -2.40. The van der Waals surface area contributed by atoms with Crippen LogP contribution in [0.2, 0.25) is 5.02 Å². The molecule has 1 atom stereocenters. The van der Waals surface area contributed by atoms with Crippen molar-refractivity contribution in [1.29, 1.82) is 0 Å². The van der Waals surface area contributed by atoms with Crippen LogP contribution in [0, 0.1) is 5.92 Å². The summed E-state index contributed by atoms with van der Waals surface area (Å²) in [6.07, 6.45) is 1.43. The van der Waals surface area contributed by atoms with E-state index in [0.717, 1.165) is 11.3 Å². The molecule has 7 heteroatoms. The number of piperidine rings is 1. The van der Waals surface area contributed by atoms with Gasteiger partial charge in [0.25, 0.3) is 5.91 Å². The summed E-state index contributed by atoms with van der Waals surface area (Å²) in [5.74, 6) is -1.32. The van der Waals surface area contributed by atoms with Gasteiger partial charge < -0.3 is 15.3 Å². The van der Waals surface area contributed by atoms with Crippen LogP contribution in [0.5, 0.6) is 0 Å². The molecular weight excluding hydrogens is 380 g/mol. The molecule has 4 rings (SSSR count). The van der Waals surface area contributed by atoms with E-state index in [0.29, 0.717) is 36.5 Å². The average Bonchev–Trinajstić information content (AvgIpc) is 3.02. The number of carbonyl (C=O) groups is 3. The lowest BCUT2D eigenvalue weighted by Gasteiger charge is -2.34. The van der Waals surface area contributed by atoms with E-state index in [2.05, 4.69) is 5.32 Å². The highest BCUT2D eigenvalue weighted by molar-refractivity contribution is 6.31. The molecule has 0 bridgehead atoms. The minimum Gasteiger partial charge on any atom is -0.478 e. The maximum atomic E-state index is 12.7. The highest BCUT2D eigenvalue weighted by Crippen LogP contribution is 2.42. The standard InChI is InChI=1S/C21H19ClN2O4/c22-15-4-5-16-17(11-15)23-19(25)18(16)12-6-8-24(9-7-12)20(26)13-2-1-3-14(10-13)21(27)28/h1-5,10-12,18H,6-9H2,(H,23,25)(H,27,28). The van der Waals surface area contributed by atoms with Gasteiger partial charge in [0.05, 0.1) is 11.5 Å². The number of nitrogens with zero attached hydrogens (tertiary/aromatic N) is 1. The molecule has 0 aliphatic carbocycles. The lowest BCUT2D eigenvalue weighted by molar-refractivity contribution is -0.118. The maximum absolute atomic E-state index is 12.7. The van der Waals surface area contributed by atoms with Crippen LogP contribution in [0.15, 0.2) is 42.5 Å². The van der Waals surface area contributed by atoms with Crippen LogP contribution in [0.25, 0.3) is 0 Å². The fourth-order valence-electron chi connectivity index (χ4n) is 4.13. The SMILES string of the molecule is O=C(O)c1cccc(C(=O)N2CCC(C3C(=O)Nc4cc(Cl)ccc43)CC2)c1. The number of likely N-dealkylation sites (tertiary alicyclic amines) is 1. The monoisotopic (exact) mass is 398 g/mol. The molecule has 0 spiro atoms. The van der Waals surface area contributed by atoms with E-state index in [-0.39, 0.29) is 29.2 Å². The second-order valence-corrected chi connectivity index (χ2v) is 7.65. The molecular formula is C21H19ClN2O4. The summed E-state index contributed by atoms with van der Waals surface area (Å²) in [6.45, 7) is 1.07. The fourth-order valence-corrected chi connectivity index (χ4v) is 4.30. The van der Waals surface area contributed by atoms with Crippen molar-refractivity contribution in [3.05, 3.63) is 64.2 Å². The molecule has 2 aromatic rings. The van der Waals surface area contributed by atoms with Gasteiger partial charge in [-0.3, -0.25) is 9.59 Å². The molecule has 0 radical (unpaired) electrons. The van der Waals surface area contributed by atoms with E-state index < -0.39 is 5.97 Å². The third-order valence-electron chi connectivity index (χ3n) is 5.55. The number of fused-ring (bicyclic) bond motifs is 1. The summed E-state index contributed by atoms with van der Waals surface area (Å²) >= 11 is 6.02. The number of aromatic carboxylic acids is 1. The highest BCUT2D eigenvalue weighted by Gasteiger charge is 2.39. The zero-order chi connectivity index (χ0) is 19.8. The molecule has 2 aliphatic heterocycles. The number of halogens is 1. The molecule has 1 saturated heterocycles. The number of carboxylic acid groups (broad SMARTS) is 1. The van der Waals surface area contributed by atoms with E-state index >= 15 is 0 Å². The summed E-state index contributed by atoms with van der Waals surface area (Å²) in [6, 6.07) is 11.5. The van der Waals surface area contributed by atoms with Crippen molar-refractivity contribution in [2.45, 2.75) is 18.8 Å². The fraction of sp³-hybridized carbons (Fsp3) is 0.286. The van der Waals surface area contributed by atoms with Gasteiger partial charge in [0, 0.05) is 29.4 Å². The van der Waals surface area contributed by atoms with Crippen molar-refractivity contribution >= 4 is 35.1 Å². The van der Waals surface area contributed by atoms with Crippen molar-refractivity contribution in [1.82, 2.24) is 4.90 Å². The molecule has 2 N–H and O–H groups in total. The number of anilines is 1. The van der Waals surface area contributed by atoms with E-state index in [1.165, 1.54) is 12.1 Å². The zero-order valence-electron chi connectivity index (χ0n) is 15.0. The Balaban J connectivity index is 1.45. The Morgan fingerprint density at radius 1 is 1.07 bits per heavy atom. The maximum Gasteiger partial charge on any atom is 0.335 e. The van der Waals surface area contributed by atoms with Crippen molar-refractivity contribution < 1.29 is 19.5 Å². The minimum absolute atomic E-state index is 0.0174. The van der Waals surface area contributed by atoms with Gasteiger partial charge in [-0.05, 0) is 54.7 Å². The van der Waals surface area contributed by atoms with Crippen LogP contribution < -0.4 is 5.32 Å². The number of carboxylic acids is 1. The first-order valence-corrected chi connectivity index (χ1v) is 9.55. The van der Waals surface area contributed by atoms with Crippen molar-refractivity contribution in [3.63, 3.8) is 0 Å². The first kappa shape index (κ1) is 18.5. The average molecular weight is 399 g/mol. The second kappa shape index (κ2) is 7.28. The Kier molecular flexibility index (Phi) is 4.81. The number of amides is 2. The molecule has 28 heavy (non-hydrogen) atoms. The number of carbonyl (C=O) groups excluding carboxylic acids is 2. The third-order valence-corrected chi connectivity index (χ3v) is 5.78. The van der Waals surface area contributed by atoms with E-state index in [9.17, 15) is 14.4 Å². The topological polar surface area (TPSA) is 86.7 Å². The molecule has 2 amide bonds. The summed E-state index contributed by atoms with van der Waals surface area (Å²) in [7, 11) is 0. The van der Waals surface area contributed by atoms with E-state index in [1.54, 1.807) is 29.2 Å². The molecule has 6 nitrogen and oxygen atoms in total. The second-order valence-electron chi connectivity index (χ2n) is 7.21. The molecule has 1 unspecified atom stereocenters. The molecule has 2 heterocycles. The Bertz CT molecular complexity index is 967. The van der Waals surface area contributed by atoms with E-state index in [1.807, 2.05) is 6.07 Å². The number of rotatable bonds is 3. The Morgan fingerprint density at radius 2 is 1.79 bits per heavy atom. The highest BCUT2D eigenvalue weighted by atomic mass is 35.5. The van der Waals surface area contributed by atoms with Gasteiger partial charge >= 0.3 is 5.97 Å². The summed E-state index contributed by atoms with van der Waals surface area (Å²) < 4.78 is 0. The van der Waals surface area contributed by atoms with Crippen LogP contribution in [0.4, 0.5) is 5.69 Å². The number of hydrogen-bond donors (Lipinski definition) is 2. The summed E-state index contributed by atoms with van der Waals surface area (Å²) in [5, 5.41) is 12.6. The quantitative estimate of drug-likeness (QED) is 0.826. The van der Waals surface area contributed by atoms with Crippen LogP contribution in [0.3, 0.4) is 0 Å². The predicted octanol–water partition coefficient (Wildman–Crippen LogP) is 3.63. The summed E-state index contributed by atoms with van der Waals surface area (Å²) in [5.41, 5.74) is 2.20. The lowest BCUT2D eigenvalue weighted by atomic mass is 9.80. The normalized spacial score (nSPS) is 19.2. The van der Waals surface area contributed by atoms with Gasteiger partial charge in [-0.1, -0.05) is 23.7 Å². The number of hydrogen-bond acceptors (Lipinski definition) is 3. The van der Waals surface area contributed by atoms with Crippen LogP contribution in [0.1, 0.15) is 45.0 Å². The van der Waals surface area contributed by atoms with Crippen molar-refractivity contribution in [2.24, 2.45) is 5.92 Å². The Morgan fingerprint density at radius 3 is 2.50 bits per heavy atom. The van der Waals surface area contributed by atoms with Gasteiger partial charge in [-0.2, -0.15) is 0 Å². The first-order chi connectivity index (χ1) is 13.4. The van der Waals surface area contributed by atoms with Gasteiger partial charge in [0.15, 0.2) is 0 Å².